The van der Waals surface area contributed by atoms with Crippen molar-refractivity contribution in [2.45, 2.75) is 18.4 Å². The zero-order chi connectivity index (χ0) is 9.90. The van der Waals surface area contributed by atoms with Crippen LogP contribution in [0.5, 0.6) is 0 Å². The van der Waals surface area contributed by atoms with Gasteiger partial charge in [-0.15, -0.1) is 0 Å². The van der Waals surface area contributed by atoms with Gasteiger partial charge in [-0.25, -0.2) is 0 Å². The Morgan fingerprint density at radius 2 is 2.38 bits per heavy atom. The first kappa shape index (κ1) is 11.1. The number of nitrogens with zero attached hydrogens (tertiary/aromatic N) is 1. The van der Waals surface area contributed by atoms with Gasteiger partial charge in [0, 0.05) is 34.0 Å². The van der Waals surface area contributed by atoms with Gasteiger partial charge in [0.1, 0.15) is 0 Å². The molecule has 1 fully saturated rings. The van der Waals surface area contributed by atoms with Crippen molar-refractivity contribution in [2.75, 3.05) is 7.11 Å². The summed E-state index contributed by atoms with van der Waals surface area (Å²) in [5.41, 5.74) is -0.773. The van der Waals surface area contributed by atoms with Gasteiger partial charge in [0.2, 0.25) is 0 Å². The molecule has 0 aliphatic heterocycles. The van der Waals surface area contributed by atoms with Crippen LogP contribution >= 0.6 is 30.4 Å². The molecule has 13 heavy (non-hydrogen) atoms. The molecule has 4 nitrogen and oxygen atoms in total. The quantitative estimate of drug-likeness (QED) is 0.452. The first-order valence-electron chi connectivity index (χ1n) is 3.63. The van der Waals surface area contributed by atoms with Crippen molar-refractivity contribution in [2.24, 2.45) is 5.92 Å². The lowest BCUT2D eigenvalue weighted by Gasteiger charge is -2.38. The highest BCUT2D eigenvalue weighted by Gasteiger charge is 2.50. The molecule has 0 heterocycles. The Labute approximate surface area is 92.7 Å². The number of esters is 1. The molecule has 0 amide bonds. The van der Waals surface area contributed by atoms with Gasteiger partial charge in [0.05, 0.1) is 28.3 Å². The van der Waals surface area contributed by atoms with Crippen molar-refractivity contribution < 1.29 is 13.7 Å². The largest absolute Gasteiger partial charge is 0.469 e. The van der Waals surface area contributed by atoms with Gasteiger partial charge < -0.3 is 4.74 Å². The molecule has 1 aliphatic carbocycles. The van der Waals surface area contributed by atoms with Gasteiger partial charge >= 0.3 is 5.97 Å². The number of carbonyl (C=O) groups is 1. The Morgan fingerprint density at radius 3 is 2.77 bits per heavy atom. The molecule has 1 aliphatic rings. The molecule has 6 heteroatoms. The number of hydrogen-bond acceptors (Lipinski definition) is 5. The summed E-state index contributed by atoms with van der Waals surface area (Å²) in [7, 11) is 2.48. The van der Waals surface area contributed by atoms with E-state index in [-0.39, 0.29) is 11.9 Å². The molecule has 0 aromatic heterocycles. The lowest BCUT2D eigenvalue weighted by Crippen LogP contribution is -2.47. The van der Waals surface area contributed by atoms with E-state index in [1.54, 1.807) is 0 Å². The maximum Gasteiger partial charge on any atom is 0.308 e. The summed E-state index contributed by atoms with van der Waals surface area (Å²) in [6, 6.07) is 2.07. The van der Waals surface area contributed by atoms with Crippen LogP contribution in [-0.2, 0) is 13.7 Å². The second kappa shape index (κ2) is 4.48. The molecule has 0 spiro atoms. The maximum absolute atomic E-state index is 11.0. The van der Waals surface area contributed by atoms with E-state index in [1.807, 2.05) is 21.2 Å². The molecule has 0 atom stereocenters. The molecular weight excluding hydrogens is 305 g/mol. The smallest absolute Gasteiger partial charge is 0.308 e. The highest BCUT2D eigenvalue weighted by Crippen LogP contribution is 2.44. The number of carbonyl (C=O) groups excluding carboxylic acids is 1. The standard InChI is InChI=1S/C7H8INO3S/c1-11-6(10)5-2-7(3-5,4-9)12-13-8/h5H,2-3H2,1H3. The Bertz CT molecular complexity index is 247. The fourth-order valence-electron chi connectivity index (χ4n) is 1.31. The van der Waals surface area contributed by atoms with Crippen molar-refractivity contribution in [3.8, 4) is 6.07 Å². The number of rotatable bonds is 3. The van der Waals surface area contributed by atoms with E-state index in [4.69, 9.17) is 9.44 Å². The van der Waals surface area contributed by atoms with Crippen LogP contribution in [0.3, 0.4) is 0 Å². The number of ether oxygens (including phenoxy) is 1. The Balaban J connectivity index is 2.46. The van der Waals surface area contributed by atoms with Gasteiger partial charge in [-0.05, 0) is 0 Å². The number of hydrogen-bond donors (Lipinski definition) is 0. The third-order valence-electron chi connectivity index (χ3n) is 2.08. The van der Waals surface area contributed by atoms with Gasteiger partial charge in [0.25, 0.3) is 0 Å². The van der Waals surface area contributed by atoms with Crippen molar-refractivity contribution >= 4 is 36.4 Å². The molecule has 72 valence electrons. The minimum Gasteiger partial charge on any atom is -0.469 e. The van der Waals surface area contributed by atoms with E-state index in [9.17, 15) is 4.79 Å². The summed E-state index contributed by atoms with van der Waals surface area (Å²) >= 11 is 1.95. The summed E-state index contributed by atoms with van der Waals surface area (Å²) in [5.74, 6) is -0.430. The summed E-state index contributed by atoms with van der Waals surface area (Å²) in [5, 5.41) is 8.80. The molecule has 0 N–H and O–H groups in total. The fraction of sp³-hybridized carbons (Fsp3) is 0.714. The summed E-state index contributed by atoms with van der Waals surface area (Å²) in [4.78, 5) is 11.0. The normalized spacial score (nSPS) is 31.6. The first-order valence-corrected chi connectivity index (χ1v) is 6.91. The molecular formula is C7H8INO3S. The summed E-state index contributed by atoms with van der Waals surface area (Å²) < 4.78 is 9.73. The zero-order valence-corrected chi connectivity index (χ0v) is 9.92. The van der Waals surface area contributed by atoms with Gasteiger partial charge in [-0.1, -0.05) is 0 Å². The molecule has 0 aromatic carbocycles. The van der Waals surface area contributed by atoms with Crippen LogP contribution in [0, 0.1) is 17.2 Å². The molecule has 0 unspecified atom stereocenters. The minimum atomic E-state index is -0.773. The van der Waals surface area contributed by atoms with E-state index >= 15 is 0 Å². The maximum atomic E-state index is 11.0. The van der Waals surface area contributed by atoms with Crippen LogP contribution in [0.1, 0.15) is 12.8 Å². The molecule has 1 saturated carbocycles. The van der Waals surface area contributed by atoms with Gasteiger partial charge in [-0.3, -0.25) is 8.98 Å². The molecule has 0 radical (unpaired) electrons. The summed E-state index contributed by atoms with van der Waals surface area (Å²) in [6.45, 7) is 0. The first-order chi connectivity index (χ1) is 6.17. The van der Waals surface area contributed by atoms with Crippen molar-refractivity contribution in [1.29, 1.82) is 5.26 Å². The van der Waals surface area contributed by atoms with Gasteiger partial charge in [0.15, 0.2) is 5.60 Å². The lowest BCUT2D eigenvalue weighted by molar-refractivity contribution is -0.154. The number of nitriles is 1. The predicted octanol–water partition coefficient (Wildman–Crippen LogP) is 1.85. The van der Waals surface area contributed by atoms with Crippen molar-refractivity contribution in [1.82, 2.24) is 0 Å². The SMILES string of the molecule is COC(=O)C1CC(C#N)(OSI)C1. The fourth-order valence-corrected chi connectivity index (χ4v) is 2.63. The Morgan fingerprint density at radius 1 is 1.77 bits per heavy atom. The van der Waals surface area contributed by atoms with Crippen LogP contribution < -0.4 is 0 Å². The molecule has 0 saturated heterocycles. The van der Waals surface area contributed by atoms with E-state index in [0.717, 1.165) is 9.21 Å². The zero-order valence-electron chi connectivity index (χ0n) is 6.95. The van der Waals surface area contributed by atoms with Crippen molar-refractivity contribution in [3.05, 3.63) is 0 Å². The number of methoxy groups -OCH3 is 1. The average Bonchev–Trinajstić information content (AvgIpc) is 2.09. The third-order valence-corrected chi connectivity index (χ3v) is 3.00. The van der Waals surface area contributed by atoms with E-state index in [2.05, 4.69) is 10.8 Å². The second-order valence-corrected chi connectivity index (χ2v) is 4.25. The molecule has 0 aromatic rings. The van der Waals surface area contributed by atoms with E-state index in [0.29, 0.717) is 12.8 Å². The van der Waals surface area contributed by atoms with Crippen LogP contribution in [0.2, 0.25) is 0 Å². The van der Waals surface area contributed by atoms with Crippen LogP contribution in [0.4, 0.5) is 0 Å². The third kappa shape index (κ3) is 2.27. The van der Waals surface area contributed by atoms with Crippen LogP contribution in [-0.4, -0.2) is 18.7 Å². The molecule has 1 rings (SSSR count). The minimum absolute atomic E-state index is 0.173. The second-order valence-electron chi connectivity index (χ2n) is 2.88. The average molecular weight is 313 g/mol. The monoisotopic (exact) mass is 313 g/mol. The predicted molar refractivity (Wildman–Crippen MR) is 55.8 cm³/mol. The topological polar surface area (TPSA) is 59.3 Å². The van der Waals surface area contributed by atoms with Gasteiger partial charge in [-0.2, -0.15) is 5.26 Å². The van der Waals surface area contributed by atoms with Crippen molar-refractivity contribution in [3.63, 3.8) is 0 Å². The van der Waals surface area contributed by atoms with E-state index < -0.39 is 5.60 Å². The summed E-state index contributed by atoms with van der Waals surface area (Å²) in [6.07, 6.45) is 0.873. The van der Waals surface area contributed by atoms with Crippen LogP contribution in [0.25, 0.3) is 0 Å². The Hall–Kier alpha value is -0.000000000000000111. The highest BCUT2D eigenvalue weighted by atomic mass is 127. The lowest BCUT2D eigenvalue weighted by atomic mass is 9.72. The van der Waals surface area contributed by atoms with E-state index in [1.165, 1.54) is 7.11 Å². The Kier molecular flexibility index (Phi) is 3.82. The molecule has 0 bridgehead atoms. The van der Waals surface area contributed by atoms with Crippen LogP contribution in [0.15, 0.2) is 0 Å². The number of halogens is 1. The highest BCUT2D eigenvalue weighted by molar-refractivity contribution is 14.2.